The van der Waals surface area contributed by atoms with E-state index in [2.05, 4.69) is 27.4 Å². The second-order valence-corrected chi connectivity index (χ2v) is 5.92. The summed E-state index contributed by atoms with van der Waals surface area (Å²) in [6.07, 6.45) is 2.70. The number of ether oxygens (including phenoxy) is 1. The van der Waals surface area contributed by atoms with Crippen LogP contribution in [0.2, 0.25) is 0 Å². The largest absolute Gasteiger partial charge is 0.494 e. The number of hydrogen-bond acceptors (Lipinski definition) is 4. The van der Waals surface area contributed by atoms with E-state index < -0.39 is 6.10 Å². The van der Waals surface area contributed by atoms with Gasteiger partial charge >= 0.3 is 0 Å². The van der Waals surface area contributed by atoms with E-state index in [0.717, 1.165) is 29.4 Å². The average molecular weight is 356 g/mol. The maximum absolute atomic E-state index is 10.3. The van der Waals surface area contributed by atoms with Crippen LogP contribution in [0.5, 0.6) is 5.75 Å². The van der Waals surface area contributed by atoms with Gasteiger partial charge in [0.1, 0.15) is 5.75 Å². The zero-order valence-corrected chi connectivity index (χ0v) is 15.7. The number of hydrogen-bond donors (Lipinski definition) is 2. The molecule has 1 atom stereocenters. The van der Waals surface area contributed by atoms with Crippen molar-refractivity contribution >= 4 is 5.96 Å². The number of aromatic nitrogens is 1. The Labute approximate surface area is 155 Å². The summed E-state index contributed by atoms with van der Waals surface area (Å²) < 4.78 is 5.48. The third-order valence-electron chi connectivity index (χ3n) is 3.86. The molecular weight excluding hydrogens is 328 g/mol. The SMILES string of the molecule is CCNC(=NCC(O)c1ccncc1)N(C)Cc1ccc(OCC)cc1. The molecule has 0 spiro atoms. The van der Waals surface area contributed by atoms with E-state index in [1.54, 1.807) is 24.5 Å². The Balaban J connectivity index is 2.00. The third-order valence-corrected chi connectivity index (χ3v) is 3.86. The molecular formula is C20H28N4O2. The maximum Gasteiger partial charge on any atom is 0.194 e. The van der Waals surface area contributed by atoms with Gasteiger partial charge < -0.3 is 20.1 Å². The molecule has 0 aliphatic rings. The molecule has 6 heteroatoms. The molecule has 0 radical (unpaired) electrons. The van der Waals surface area contributed by atoms with Gasteiger partial charge in [-0.3, -0.25) is 9.98 Å². The van der Waals surface area contributed by atoms with Crippen molar-refractivity contribution in [3.63, 3.8) is 0 Å². The van der Waals surface area contributed by atoms with Gasteiger partial charge in [0.15, 0.2) is 5.96 Å². The maximum atomic E-state index is 10.3. The van der Waals surface area contributed by atoms with Gasteiger partial charge in [0.25, 0.3) is 0 Å². The smallest absolute Gasteiger partial charge is 0.194 e. The van der Waals surface area contributed by atoms with Gasteiger partial charge in [0.05, 0.1) is 19.3 Å². The first-order valence-electron chi connectivity index (χ1n) is 8.93. The van der Waals surface area contributed by atoms with Crippen molar-refractivity contribution in [3.05, 3.63) is 59.9 Å². The van der Waals surface area contributed by atoms with E-state index in [9.17, 15) is 5.11 Å². The summed E-state index contributed by atoms with van der Waals surface area (Å²) in [5.74, 6) is 1.63. The summed E-state index contributed by atoms with van der Waals surface area (Å²) in [5.41, 5.74) is 1.98. The van der Waals surface area contributed by atoms with Gasteiger partial charge in [-0.25, -0.2) is 0 Å². The third kappa shape index (κ3) is 6.04. The number of aliphatic hydroxyl groups excluding tert-OH is 1. The van der Waals surface area contributed by atoms with E-state index in [0.29, 0.717) is 19.7 Å². The highest BCUT2D eigenvalue weighted by Crippen LogP contribution is 2.14. The molecule has 0 bridgehead atoms. The van der Waals surface area contributed by atoms with Crippen LogP contribution in [0.25, 0.3) is 0 Å². The molecule has 1 unspecified atom stereocenters. The zero-order valence-electron chi connectivity index (χ0n) is 15.7. The fourth-order valence-corrected chi connectivity index (χ4v) is 2.54. The first-order valence-corrected chi connectivity index (χ1v) is 8.93. The Morgan fingerprint density at radius 3 is 2.50 bits per heavy atom. The standard InChI is InChI=1S/C20H28N4O2/c1-4-22-20(23-14-19(25)17-10-12-21-13-11-17)24(3)15-16-6-8-18(9-7-16)26-5-2/h6-13,19,25H,4-5,14-15H2,1-3H3,(H,22,23). The van der Waals surface area contributed by atoms with E-state index in [1.807, 2.05) is 37.9 Å². The molecule has 0 aliphatic carbocycles. The van der Waals surface area contributed by atoms with Gasteiger partial charge in [-0.2, -0.15) is 0 Å². The molecule has 1 heterocycles. The molecule has 0 saturated heterocycles. The Morgan fingerprint density at radius 2 is 1.88 bits per heavy atom. The highest BCUT2D eigenvalue weighted by atomic mass is 16.5. The summed E-state index contributed by atoms with van der Waals surface area (Å²) in [6, 6.07) is 11.7. The number of rotatable bonds is 8. The molecule has 2 rings (SSSR count). The van der Waals surface area contributed by atoms with Crippen molar-refractivity contribution in [1.82, 2.24) is 15.2 Å². The predicted molar refractivity (Wildman–Crippen MR) is 104 cm³/mol. The molecule has 26 heavy (non-hydrogen) atoms. The lowest BCUT2D eigenvalue weighted by atomic mass is 10.1. The Bertz CT molecular complexity index is 674. The number of nitrogens with zero attached hydrogens (tertiary/aromatic N) is 3. The van der Waals surface area contributed by atoms with Crippen molar-refractivity contribution in [1.29, 1.82) is 0 Å². The normalized spacial score (nSPS) is 12.5. The van der Waals surface area contributed by atoms with Gasteiger partial charge in [0, 0.05) is 32.5 Å². The predicted octanol–water partition coefficient (Wildman–Crippen LogP) is 2.61. The summed E-state index contributed by atoms with van der Waals surface area (Å²) in [5, 5.41) is 13.6. The van der Waals surface area contributed by atoms with Crippen LogP contribution in [0.4, 0.5) is 0 Å². The minimum absolute atomic E-state index is 0.292. The fraction of sp³-hybridized carbons (Fsp3) is 0.400. The Kier molecular flexibility index (Phi) is 7.89. The second kappa shape index (κ2) is 10.4. The lowest BCUT2D eigenvalue weighted by Gasteiger charge is -2.23. The zero-order chi connectivity index (χ0) is 18.8. The number of aliphatic hydroxyl groups is 1. The number of pyridine rings is 1. The van der Waals surface area contributed by atoms with Crippen LogP contribution in [-0.4, -0.2) is 47.7 Å². The first kappa shape index (κ1) is 19.7. The summed E-state index contributed by atoms with van der Waals surface area (Å²) in [4.78, 5) is 10.6. The van der Waals surface area contributed by atoms with E-state index in [1.165, 1.54) is 0 Å². The van der Waals surface area contributed by atoms with Gasteiger partial charge in [-0.05, 0) is 49.2 Å². The number of aliphatic imine (C=N–C) groups is 1. The van der Waals surface area contributed by atoms with Crippen LogP contribution in [0, 0.1) is 0 Å². The molecule has 0 saturated carbocycles. The van der Waals surface area contributed by atoms with Crippen LogP contribution < -0.4 is 10.1 Å². The Hall–Kier alpha value is -2.60. The summed E-state index contributed by atoms with van der Waals surface area (Å²) in [6.45, 7) is 6.43. The number of benzene rings is 1. The van der Waals surface area contributed by atoms with Crippen LogP contribution in [0.1, 0.15) is 31.1 Å². The van der Waals surface area contributed by atoms with Crippen molar-refractivity contribution < 1.29 is 9.84 Å². The summed E-state index contributed by atoms with van der Waals surface area (Å²) in [7, 11) is 1.98. The lowest BCUT2D eigenvalue weighted by molar-refractivity contribution is 0.186. The van der Waals surface area contributed by atoms with E-state index in [-0.39, 0.29) is 0 Å². The average Bonchev–Trinajstić information content (AvgIpc) is 2.67. The van der Waals surface area contributed by atoms with Crippen molar-refractivity contribution in [2.75, 3.05) is 26.7 Å². The van der Waals surface area contributed by atoms with Gasteiger partial charge in [-0.1, -0.05) is 12.1 Å². The molecule has 0 amide bonds. The highest BCUT2D eigenvalue weighted by Gasteiger charge is 2.10. The molecule has 1 aromatic heterocycles. The molecule has 0 fully saturated rings. The van der Waals surface area contributed by atoms with Crippen LogP contribution >= 0.6 is 0 Å². The first-order chi connectivity index (χ1) is 12.6. The number of guanidine groups is 1. The minimum atomic E-state index is -0.648. The van der Waals surface area contributed by atoms with E-state index >= 15 is 0 Å². The minimum Gasteiger partial charge on any atom is -0.494 e. The lowest BCUT2D eigenvalue weighted by Crippen LogP contribution is -2.38. The quantitative estimate of drug-likeness (QED) is 0.562. The monoisotopic (exact) mass is 356 g/mol. The van der Waals surface area contributed by atoms with Crippen LogP contribution in [-0.2, 0) is 6.54 Å². The van der Waals surface area contributed by atoms with Gasteiger partial charge in [-0.15, -0.1) is 0 Å². The highest BCUT2D eigenvalue weighted by molar-refractivity contribution is 5.79. The topological polar surface area (TPSA) is 70.0 Å². The van der Waals surface area contributed by atoms with E-state index in [4.69, 9.17) is 4.74 Å². The van der Waals surface area contributed by atoms with Gasteiger partial charge in [0.2, 0.25) is 0 Å². The molecule has 0 aliphatic heterocycles. The van der Waals surface area contributed by atoms with Crippen molar-refractivity contribution in [3.8, 4) is 5.75 Å². The molecule has 1 aromatic carbocycles. The van der Waals surface area contributed by atoms with Crippen molar-refractivity contribution in [2.24, 2.45) is 4.99 Å². The summed E-state index contributed by atoms with van der Waals surface area (Å²) >= 11 is 0. The molecule has 6 nitrogen and oxygen atoms in total. The molecule has 2 aromatic rings. The van der Waals surface area contributed by atoms with Crippen LogP contribution in [0.15, 0.2) is 53.8 Å². The van der Waals surface area contributed by atoms with Crippen LogP contribution in [0.3, 0.4) is 0 Å². The number of nitrogens with one attached hydrogen (secondary N) is 1. The second-order valence-electron chi connectivity index (χ2n) is 5.92. The van der Waals surface area contributed by atoms with Crippen molar-refractivity contribution in [2.45, 2.75) is 26.5 Å². The molecule has 2 N–H and O–H groups in total. The Morgan fingerprint density at radius 1 is 1.19 bits per heavy atom. The fourth-order valence-electron chi connectivity index (χ4n) is 2.54. The molecule has 140 valence electrons.